The van der Waals surface area contributed by atoms with Gasteiger partial charge >= 0.3 is 12.1 Å². The number of unbranched alkanes of at least 4 members (excludes halogenated alkanes) is 2. The summed E-state index contributed by atoms with van der Waals surface area (Å²) in [5.41, 5.74) is 0.297. The summed E-state index contributed by atoms with van der Waals surface area (Å²) in [6.07, 6.45) is 4.81. The van der Waals surface area contributed by atoms with Gasteiger partial charge < -0.3 is 14.6 Å². The number of rotatable bonds is 8. The lowest BCUT2D eigenvalue weighted by atomic mass is 9.93. The number of carbonyl (C=O) groups excluding carboxylic acids is 2. The number of benzene rings is 1. The Hall–Kier alpha value is -2.08. The van der Waals surface area contributed by atoms with Gasteiger partial charge in [0.25, 0.3) is 0 Å². The molecule has 0 aromatic heterocycles. The number of amides is 1. The minimum absolute atomic E-state index is 0.0111. The van der Waals surface area contributed by atoms with Gasteiger partial charge in [-0.25, -0.2) is 9.59 Å². The number of nitrogens with zero attached hydrogens (tertiary/aromatic N) is 1. The molecule has 1 aromatic rings. The molecule has 0 radical (unpaired) electrons. The summed E-state index contributed by atoms with van der Waals surface area (Å²) < 4.78 is 11.2. The molecule has 0 unspecified atom stereocenters. The number of piperidine rings is 1. The Balaban J connectivity index is 1.67. The first-order chi connectivity index (χ1) is 13.8. The third kappa shape index (κ3) is 5.30. The van der Waals surface area contributed by atoms with Crippen molar-refractivity contribution < 1.29 is 24.2 Å². The normalized spacial score (nSPS) is 25.4. The summed E-state index contributed by atoms with van der Waals surface area (Å²) in [6, 6.07) is 9.00. The Morgan fingerprint density at radius 2 is 1.86 bits per heavy atom. The highest BCUT2D eigenvalue weighted by atomic mass is 16.6. The fraction of sp³-hybridized carbons (Fsp3) is 0.652. The lowest BCUT2D eigenvalue weighted by Crippen LogP contribution is -2.46. The quantitative estimate of drug-likeness (QED) is 0.523. The van der Waals surface area contributed by atoms with Gasteiger partial charge in [0.1, 0.15) is 18.2 Å². The molecule has 3 atom stereocenters. The number of likely N-dealkylation sites (tertiary alicyclic amines) is 1. The number of hydrogen-bond acceptors (Lipinski definition) is 5. The van der Waals surface area contributed by atoms with E-state index in [1.54, 1.807) is 4.90 Å². The van der Waals surface area contributed by atoms with Crippen LogP contribution in [0.2, 0.25) is 0 Å². The van der Waals surface area contributed by atoms with Gasteiger partial charge in [-0.3, -0.25) is 4.90 Å². The largest absolute Gasteiger partial charge is 0.459 e. The van der Waals surface area contributed by atoms with Gasteiger partial charge in [-0.15, -0.1) is 0 Å². The molecule has 6 nitrogen and oxygen atoms in total. The van der Waals surface area contributed by atoms with Gasteiger partial charge in [0.2, 0.25) is 0 Å². The summed E-state index contributed by atoms with van der Waals surface area (Å²) in [5.74, 6) is -0.360. The van der Waals surface area contributed by atoms with E-state index in [1.807, 2.05) is 51.1 Å². The molecule has 160 valence electrons. The van der Waals surface area contributed by atoms with Crippen LogP contribution in [-0.2, 0) is 20.9 Å². The second-order valence-electron chi connectivity index (χ2n) is 9.32. The molecule has 1 heterocycles. The summed E-state index contributed by atoms with van der Waals surface area (Å²) in [5, 5.41) is 8.99. The highest BCUT2D eigenvalue weighted by molar-refractivity contribution is 5.83. The zero-order valence-electron chi connectivity index (χ0n) is 17.7. The molecule has 29 heavy (non-hydrogen) atoms. The molecule has 0 spiro atoms. The standard InChI is InChI=1S/C23H33NO5/c1-22(2,3)29-21(27)24-18(20(26)28-16-17-10-6-4-7-11-17)14-23(15-19(23)24)12-8-5-9-13-25/h4,6-7,10-11,18-19,25H,5,8-9,12-16H2,1-3H3/t18-,19+,23-/m0/s1. The van der Waals surface area contributed by atoms with Crippen LogP contribution in [0.3, 0.4) is 0 Å². The predicted octanol–water partition coefficient (Wildman–Crippen LogP) is 4.05. The van der Waals surface area contributed by atoms with E-state index in [-0.39, 0.29) is 30.6 Å². The van der Waals surface area contributed by atoms with Gasteiger partial charge in [-0.05, 0) is 57.4 Å². The molecule has 1 saturated carbocycles. The van der Waals surface area contributed by atoms with Crippen LogP contribution in [0.15, 0.2) is 30.3 Å². The molecule has 1 N–H and O–H groups in total. The summed E-state index contributed by atoms with van der Waals surface area (Å²) >= 11 is 0. The monoisotopic (exact) mass is 403 g/mol. The molecule has 1 aliphatic heterocycles. The van der Waals surface area contributed by atoms with Crippen LogP contribution in [0.4, 0.5) is 4.79 Å². The van der Waals surface area contributed by atoms with E-state index in [0.29, 0.717) is 6.42 Å². The topological polar surface area (TPSA) is 76.1 Å². The second-order valence-corrected chi connectivity index (χ2v) is 9.32. The van der Waals surface area contributed by atoms with Gasteiger partial charge in [0.15, 0.2) is 0 Å². The Kier molecular flexibility index (Phi) is 6.52. The maximum Gasteiger partial charge on any atom is 0.411 e. The number of fused-ring (bicyclic) bond motifs is 1. The average molecular weight is 404 g/mol. The van der Waals surface area contributed by atoms with E-state index in [1.165, 1.54) is 0 Å². The molecule has 6 heteroatoms. The van der Waals surface area contributed by atoms with Crippen molar-refractivity contribution in [1.82, 2.24) is 4.90 Å². The van der Waals surface area contributed by atoms with Crippen LogP contribution >= 0.6 is 0 Å². The smallest absolute Gasteiger partial charge is 0.411 e. The van der Waals surface area contributed by atoms with Crippen LogP contribution in [-0.4, -0.2) is 46.4 Å². The Bertz CT molecular complexity index is 714. The maximum absolute atomic E-state index is 12.9. The van der Waals surface area contributed by atoms with E-state index < -0.39 is 17.7 Å². The first-order valence-electron chi connectivity index (χ1n) is 10.6. The lowest BCUT2D eigenvalue weighted by molar-refractivity contribution is -0.150. The van der Waals surface area contributed by atoms with Gasteiger partial charge in [-0.1, -0.05) is 43.2 Å². The molecule has 0 bridgehead atoms. The summed E-state index contributed by atoms with van der Waals surface area (Å²) in [4.78, 5) is 27.4. The van der Waals surface area contributed by atoms with E-state index >= 15 is 0 Å². The zero-order valence-corrected chi connectivity index (χ0v) is 17.7. The third-order valence-electron chi connectivity index (χ3n) is 5.85. The highest BCUT2D eigenvalue weighted by Gasteiger charge is 2.67. The number of aliphatic hydroxyl groups excluding tert-OH is 1. The van der Waals surface area contributed by atoms with Crippen LogP contribution in [0.25, 0.3) is 0 Å². The first kappa shape index (κ1) is 21.6. The fourth-order valence-electron chi connectivity index (χ4n) is 4.37. The van der Waals surface area contributed by atoms with Crippen molar-refractivity contribution in [3.63, 3.8) is 0 Å². The van der Waals surface area contributed by atoms with Crippen molar-refractivity contribution in [2.75, 3.05) is 6.61 Å². The molecule has 1 amide bonds. The first-order valence-corrected chi connectivity index (χ1v) is 10.6. The Morgan fingerprint density at radius 1 is 1.14 bits per heavy atom. The van der Waals surface area contributed by atoms with Crippen LogP contribution in [0.5, 0.6) is 0 Å². The number of esters is 1. The van der Waals surface area contributed by atoms with Crippen LogP contribution in [0.1, 0.15) is 64.9 Å². The zero-order chi connectivity index (χ0) is 21.1. The maximum atomic E-state index is 12.9. The summed E-state index contributed by atoms with van der Waals surface area (Å²) in [7, 11) is 0. The molecule has 1 saturated heterocycles. The van der Waals surface area contributed by atoms with E-state index in [2.05, 4.69) is 0 Å². The molecule has 3 rings (SSSR count). The SMILES string of the molecule is CC(C)(C)OC(=O)N1[C@H](C(=O)OCc2ccccc2)C[C@@]2(CCCCCO)C[C@@H]12. The Morgan fingerprint density at radius 3 is 2.52 bits per heavy atom. The Labute approximate surface area is 173 Å². The third-order valence-corrected chi connectivity index (χ3v) is 5.85. The molecule has 1 aromatic carbocycles. The van der Waals surface area contributed by atoms with E-state index in [0.717, 1.165) is 37.7 Å². The van der Waals surface area contributed by atoms with Crippen molar-refractivity contribution in [3.05, 3.63) is 35.9 Å². The lowest BCUT2D eigenvalue weighted by Gasteiger charge is -2.29. The van der Waals surface area contributed by atoms with E-state index in [9.17, 15) is 9.59 Å². The van der Waals surface area contributed by atoms with Gasteiger partial charge in [0.05, 0.1) is 0 Å². The van der Waals surface area contributed by atoms with Crippen LogP contribution < -0.4 is 0 Å². The van der Waals surface area contributed by atoms with Crippen molar-refractivity contribution >= 4 is 12.1 Å². The van der Waals surface area contributed by atoms with Gasteiger partial charge in [-0.2, -0.15) is 0 Å². The van der Waals surface area contributed by atoms with Crippen molar-refractivity contribution in [1.29, 1.82) is 0 Å². The predicted molar refractivity (Wildman–Crippen MR) is 109 cm³/mol. The summed E-state index contributed by atoms with van der Waals surface area (Å²) in [6.45, 7) is 5.90. The second kappa shape index (κ2) is 8.74. The minimum Gasteiger partial charge on any atom is -0.459 e. The number of carbonyl (C=O) groups is 2. The number of hydrogen-bond donors (Lipinski definition) is 1. The van der Waals surface area contributed by atoms with Crippen LogP contribution in [0, 0.1) is 5.41 Å². The van der Waals surface area contributed by atoms with E-state index in [4.69, 9.17) is 14.6 Å². The average Bonchev–Trinajstić information content (AvgIpc) is 3.26. The molecule has 2 aliphatic rings. The highest BCUT2D eigenvalue weighted by Crippen LogP contribution is 2.62. The minimum atomic E-state index is -0.614. The molecular formula is C23H33NO5. The van der Waals surface area contributed by atoms with Gasteiger partial charge in [0, 0.05) is 12.6 Å². The fourth-order valence-corrected chi connectivity index (χ4v) is 4.37. The van der Waals surface area contributed by atoms with Crippen molar-refractivity contribution in [2.45, 2.75) is 83.6 Å². The molecular weight excluding hydrogens is 370 g/mol. The van der Waals surface area contributed by atoms with Crippen molar-refractivity contribution in [3.8, 4) is 0 Å². The number of ether oxygens (including phenoxy) is 2. The molecule has 1 aliphatic carbocycles. The van der Waals surface area contributed by atoms with Crippen molar-refractivity contribution in [2.24, 2.45) is 5.41 Å². The molecule has 2 fully saturated rings. The number of aliphatic hydroxyl groups is 1.